The van der Waals surface area contributed by atoms with Crippen molar-refractivity contribution in [3.8, 4) is 0 Å². The van der Waals surface area contributed by atoms with Gasteiger partial charge in [-0.2, -0.15) is 0 Å². The lowest BCUT2D eigenvalue weighted by atomic mass is 10.4. The predicted octanol–water partition coefficient (Wildman–Crippen LogP) is 2.26. The van der Waals surface area contributed by atoms with Gasteiger partial charge in [-0.05, 0) is 17.8 Å². The quantitative estimate of drug-likeness (QED) is 0.813. The van der Waals surface area contributed by atoms with Crippen molar-refractivity contribution in [1.82, 2.24) is 15.0 Å². The standard InChI is InChI=1S/C9H7ClN4S/c10-6-3-13-9(14-4-6)15-8-1-2-12-5-7(8)11/h1-5H,11H2. The molecule has 0 aliphatic rings. The highest BCUT2D eigenvalue weighted by Gasteiger charge is 2.03. The number of hydrogen-bond donors (Lipinski definition) is 1. The number of nitrogens with two attached hydrogens (primary N) is 1. The third-order valence-corrected chi connectivity index (χ3v) is 2.79. The first kappa shape index (κ1) is 10.2. The van der Waals surface area contributed by atoms with Gasteiger partial charge in [-0.1, -0.05) is 11.6 Å². The summed E-state index contributed by atoms with van der Waals surface area (Å²) in [5.41, 5.74) is 6.35. The first-order chi connectivity index (χ1) is 7.25. The third kappa shape index (κ3) is 2.57. The summed E-state index contributed by atoms with van der Waals surface area (Å²) < 4.78 is 0. The Morgan fingerprint density at radius 3 is 2.60 bits per heavy atom. The predicted molar refractivity (Wildman–Crippen MR) is 59.8 cm³/mol. The molecule has 2 aromatic heterocycles. The summed E-state index contributed by atoms with van der Waals surface area (Å²) in [6.45, 7) is 0. The van der Waals surface area contributed by atoms with Crippen LogP contribution >= 0.6 is 23.4 Å². The fraction of sp³-hybridized carbons (Fsp3) is 0. The molecule has 15 heavy (non-hydrogen) atoms. The van der Waals surface area contributed by atoms with E-state index in [2.05, 4.69) is 15.0 Å². The van der Waals surface area contributed by atoms with Crippen molar-refractivity contribution in [2.45, 2.75) is 10.1 Å². The fourth-order valence-corrected chi connectivity index (χ4v) is 1.74. The second-order valence-corrected chi connectivity index (χ2v) is 4.14. The number of anilines is 1. The van der Waals surface area contributed by atoms with E-state index in [9.17, 15) is 0 Å². The summed E-state index contributed by atoms with van der Waals surface area (Å²) in [6.07, 6.45) is 6.37. The average molecular weight is 239 g/mol. The molecule has 0 amide bonds. The maximum atomic E-state index is 5.73. The van der Waals surface area contributed by atoms with Crippen LogP contribution in [0, 0.1) is 0 Å². The number of hydrogen-bond acceptors (Lipinski definition) is 5. The van der Waals surface area contributed by atoms with E-state index >= 15 is 0 Å². The molecule has 0 spiro atoms. The van der Waals surface area contributed by atoms with E-state index in [1.54, 1.807) is 24.8 Å². The van der Waals surface area contributed by atoms with Crippen molar-refractivity contribution in [3.05, 3.63) is 35.9 Å². The van der Waals surface area contributed by atoms with Gasteiger partial charge in [-0.3, -0.25) is 4.98 Å². The summed E-state index contributed by atoms with van der Waals surface area (Å²) in [5, 5.41) is 1.12. The van der Waals surface area contributed by atoms with Crippen LogP contribution in [-0.2, 0) is 0 Å². The van der Waals surface area contributed by atoms with E-state index in [0.717, 1.165) is 4.90 Å². The minimum Gasteiger partial charge on any atom is -0.397 e. The second kappa shape index (κ2) is 4.46. The Morgan fingerprint density at radius 1 is 1.20 bits per heavy atom. The van der Waals surface area contributed by atoms with E-state index in [-0.39, 0.29) is 0 Å². The number of nitrogen functional groups attached to an aromatic ring is 1. The molecule has 0 saturated heterocycles. The summed E-state index contributed by atoms with van der Waals surface area (Å²) >= 11 is 7.05. The van der Waals surface area contributed by atoms with Crippen LogP contribution in [-0.4, -0.2) is 15.0 Å². The van der Waals surface area contributed by atoms with Crippen LogP contribution in [0.3, 0.4) is 0 Å². The Balaban J connectivity index is 2.22. The molecule has 0 bridgehead atoms. The molecular formula is C9H7ClN4S. The molecule has 2 aromatic rings. The summed E-state index contributed by atoms with van der Waals surface area (Å²) in [5.74, 6) is 0. The van der Waals surface area contributed by atoms with Crippen LogP contribution in [0.25, 0.3) is 0 Å². The topological polar surface area (TPSA) is 64.7 Å². The Kier molecular flexibility index (Phi) is 3.03. The van der Waals surface area contributed by atoms with Crippen molar-refractivity contribution >= 4 is 29.1 Å². The van der Waals surface area contributed by atoms with Gasteiger partial charge < -0.3 is 5.73 Å². The number of aromatic nitrogens is 3. The molecule has 0 aromatic carbocycles. The molecule has 0 atom stereocenters. The lowest BCUT2D eigenvalue weighted by Gasteiger charge is -2.02. The maximum absolute atomic E-state index is 5.73. The number of halogens is 1. The lowest BCUT2D eigenvalue weighted by molar-refractivity contribution is 0.967. The number of pyridine rings is 1. The molecule has 4 nitrogen and oxygen atoms in total. The molecule has 0 unspecified atom stereocenters. The third-order valence-electron chi connectivity index (χ3n) is 1.61. The Morgan fingerprint density at radius 2 is 1.93 bits per heavy atom. The zero-order chi connectivity index (χ0) is 10.7. The van der Waals surface area contributed by atoms with Gasteiger partial charge in [-0.15, -0.1) is 0 Å². The summed E-state index contributed by atoms with van der Waals surface area (Å²) in [4.78, 5) is 12.9. The van der Waals surface area contributed by atoms with Gasteiger partial charge in [0, 0.05) is 11.1 Å². The molecule has 76 valence electrons. The molecule has 6 heteroatoms. The highest BCUT2D eigenvalue weighted by Crippen LogP contribution is 2.28. The lowest BCUT2D eigenvalue weighted by Crippen LogP contribution is -1.91. The number of rotatable bonds is 2. The Hall–Kier alpha value is -1.33. The number of nitrogens with zero attached hydrogens (tertiary/aromatic N) is 3. The maximum Gasteiger partial charge on any atom is 0.192 e. The highest BCUT2D eigenvalue weighted by atomic mass is 35.5. The second-order valence-electron chi connectivity index (χ2n) is 2.70. The summed E-state index contributed by atoms with van der Waals surface area (Å²) in [7, 11) is 0. The largest absolute Gasteiger partial charge is 0.397 e. The monoisotopic (exact) mass is 238 g/mol. The Bertz CT molecular complexity index is 460. The molecule has 2 N–H and O–H groups in total. The zero-order valence-corrected chi connectivity index (χ0v) is 9.16. The molecule has 0 aliphatic heterocycles. The first-order valence-electron chi connectivity index (χ1n) is 4.10. The van der Waals surface area contributed by atoms with Gasteiger partial charge in [0.1, 0.15) is 0 Å². The van der Waals surface area contributed by atoms with Crippen molar-refractivity contribution in [3.63, 3.8) is 0 Å². The van der Waals surface area contributed by atoms with Crippen molar-refractivity contribution in [2.75, 3.05) is 5.73 Å². The van der Waals surface area contributed by atoms with E-state index < -0.39 is 0 Å². The normalized spacial score (nSPS) is 10.2. The highest BCUT2D eigenvalue weighted by molar-refractivity contribution is 7.99. The molecule has 0 fully saturated rings. The van der Waals surface area contributed by atoms with Crippen molar-refractivity contribution in [1.29, 1.82) is 0 Å². The first-order valence-corrected chi connectivity index (χ1v) is 5.30. The molecular weight excluding hydrogens is 232 g/mol. The fourth-order valence-electron chi connectivity index (χ4n) is 0.938. The molecule has 0 aliphatic carbocycles. The van der Waals surface area contributed by atoms with Crippen LogP contribution in [0.2, 0.25) is 5.02 Å². The van der Waals surface area contributed by atoms with Gasteiger partial charge in [0.25, 0.3) is 0 Å². The van der Waals surface area contributed by atoms with Gasteiger partial charge >= 0.3 is 0 Å². The average Bonchev–Trinajstić information content (AvgIpc) is 2.25. The van der Waals surface area contributed by atoms with Crippen LogP contribution in [0.4, 0.5) is 5.69 Å². The van der Waals surface area contributed by atoms with Crippen molar-refractivity contribution < 1.29 is 0 Å². The smallest absolute Gasteiger partial charge is 0.192 e. The summed E-state index contributed by atoms with van der Waals surface area (Å²) in [6, 6.07) is 1.82. The molecule has 2 rings (SSSR count). The van der Waals surface area contributed by atoms with Gasteiger partial charge in [-0.25, -0.2) is 9.97 Å². The van der Waals surface area contributed by atoms with Crippen LogP contribution < -0.4 is 5.73 Å². The van der Waals surface area contributed by atoms with Crippen molar-refractivity contribution in [2.24, 2.45) is 0 Å². The SMILES string of the molecule is Nc1cnccc1Sc1ncc(Cl)cn1. The molecule has 0 saturated carbocycles. The molecule has 2 heterocycles. The minimum atomic E-state index is 0.516. The van der Waals surface area contributed by atoms with Crippen LogP contribution in [0.5, 0.6) is 0 Å². The molecule has 0 radical (unpaired) electrons. The zero-order valence-electron chi connectivity index (χ0n) is 7.59. The van der Waals surface area contributed by atoms with Gasteiger partial charge in [0.05, 0.1) is 29.3 Å². The van der Waals surface area contributed by atoms with Crippen LogP contribution in [0.15, 0.2) is 40.9 Å². The van der Waals surface area contributed by atoms with Crippen LogP contribution in [0.1, 0.15) is 0 Å². The van der Waals surface area contributed by atoms with Gasteiger partial charge in [0.15, 0.2) is 5.16 Å². The van der Waals surface area contributed by atoms with Gasteiger partial charge in [0.2, 0.25) is 0 Å². The van der Waals surface area contributed by atoms with E-state index in [0.29, 0.717) is 15.9 Å². The van der Waals surface area contributed by atoms with E-state index in [4.69, 9.17) is 17.3 Å². The van der Waals surface area contributed by atoms with E-state index in [1.807, 2.05) is 6.07 Å². The minimum absolute atomic E-state index is 0.516. The van der Waals surface area contributed by atoms with E-state index in [1.165, 1.54) is 11.8 Å². The Labute approximate surface area is 95.9 Å².